The number of ether oxygens (including phenoxy) is 2. The van der Waals surface area contributed by atoms with Gasteiger partial charge in [0.2, 0.25) is 0 Å². The number of carbonyl (C=O) groups excluding carboxylic acids is 2. The van der Waals surface area contributed by atoms with Crippen molar-refractivity contribution in [2.45, 2.75) is 13.0 Å². The summed E-state index contributed by atoms with van der Waals surface area (Å²) in [5.74, 6) is -0.811. The Morgan fingerprint density at radius 3 is 2.81 bits per heavy atom. The highest BCUT2D eigenvalue weighted by Crippen LogP contribution is 2.21. The molecule has 7 heteroatoms. The number of carbonyl (C=O) groups is 2. The number of nitrogens with zero attached hydrogens (tertiary/aromatic N) is 2. The molecule has 3 rings (SSSR count). The average molecular weight is 368 g/mol. The van der Waals surface area contributed by atoms with E-state index in [2.05, 4.69) is 14.7 Å². The summed E-state index contributed by atoms with van der Waals surface area (Å²) in [4.78, 5) is 32.2. The number of pyridine rings is 1. The Bertz CT molecular complexity index is 909. The third-order valence-corrected chi connectivity index (χ3v) is 4.42. The fraction of sp³-hybridized carbons (Fsp3) is 0.158. The van der Waals surface area contributed by atoms with Gasteiger partial charge in [-0.1, -0.05) is 18.2 Å². The van der Waals surface area contributed by atoms with Crippen molar-refractivity contribution < 1.29 is 19.1 Å². The zero-order chi connectivity index (χ0) is 18.4. The third-order valence-electron chi connectivity index (χ3n) is 3.51. The van der Waals surface area contributed by atoms with Crippen LogP contribution < -0.4 is 0 Å². The zero-order valence-corrected chi connectivity index (χ0v) is 14.9. The predicted octanol–water partition coefficient (Wildman–Crippen LogP) is 3.28. The van der Waals surface area contributed by atoms with E-state index in [4.69, 9.17) is 4.74 Å². The first-order chi connectivity index (χ1) is 12.7. The summed E-state index contributed by atoms with van der Waals surface area (Å²) in [6.45, 7) is 0.0842. The highest BCUT2D eigenvalue weighted by atomic mass is 32.1. The maximum absolute atomic E-state index is 12.0. The topological polar surface area (TPSA) is 78.4 Å². The molecule has 1 aromatic carbocycles. The summed E-state index contributed by atoms with van der Waals surface area (Å²) in [6.07, 6.45) is 1.78. The summed E-state index contributed by atoms with van der Waals surface area (Å²) in [5, 5.41) is 2.59. The van der Waals surface area contributed by atoms with Crippen molar-refractivity contribution in [2.24, 2.45) is 0 Å². The smallest absolute Gasteiger partial charge is 0.337 e. The van der Waals surface area contributed by atoms with Gasteiger partial charge in [0.05, 0.1) is 30.5 Å². The molecule has 0 aliphatic rings. The molecule has 2 heterocycles. The largest absolute Gasteiger partial charge is 0.465 e. The molecule has 0 saturated carbocycles. The normalized spacial score (nSPS) is 10.3. The van der Waals surface area contributed by atoms with Crippen molar-refractivity contribution in [1.82, 2.24) is 9.97 Å². The maximum atomic E-state index is 12.0. The minimum atomic E-state index is -0.428. The number of hydrogen-bond acceptors (Lipinski definition) is 7. The summed E-state index contributed by atoms with van der Waals surface area (Å²) < 4.78 is 9.95. The lowest BCUT2D eigenvalue weighted by Crippen LogP contribution is -2.09. The van der Waals surface area contributed by atoms with E-state index in [1.54, 1.807) is 30.5 Å². The molecular weight excluding hydrogens is 352 g/mol. The van der Waals surface area contributed by atoms with E-state index in [1.165, 1.54) is 18.4 Å². The van der Waals surface area contributed by atoms with E-state index in [1.807, 2.05) is 23.6 Å². The molecule has 0 N–H and O–H groups in total. The quantitative estimate of drug-likeness (QED) is 0.621. The number of thiazole rings is 1. The van der Waals surface area contributed by atoms with E-state index < -0.39 is 5.97 Å². The van der Waals surface area contributed by atoms with Crippen molar-refractivity contribution in [3.63, 3.8) is 0 Å². The number of methoxy groups -OCH3 is 1. The molecule has 0 aliphatic carbocycles. The second-order valence-corrected chi connectivity index (χ2v) is 6.25. The molecule has 0 atom stereocenters. The number of benzene rings is 1. The lowest BCUT2D eigenvalue weighted by atomic mass is 10.1. The van der Waals surface area contributed by atoms with Crippen LogP contribution >= 0.6 is 11.3 Å². The number of rotatable bonds is 6. The first-order valence-electron chi connectivity index (χ1n) is 7.84. The number of hydrogen-bond donors (Lipinski definition) is 0. The predicted molar refractivity (Wildman–Crippen MR) is 96.6 cm³/mol. The molecule has 0 saturated heterocycles. The SMILES string of the molecule is COC(=O)c1cccc(COC(=O)Cc2csc(-c3ccccn3)n2)c1. The van der Waals surface area contributed by atoms with Crippen molar-refractivity contribution in [2.75, 3.05) is 7.11 Å². The first kappa shape index (κ1) is 17.8. The third kappa shape index (κ3) is 4.52. The Morgan fingerprint density at radius 2 is 2.04 bits per heavy atom. The van der Waals surface area contributed by atoms with Gasteiger partial charge in [0.15, 0.2) is 0 Å². The minimum Gasteiger partial charge on any atom is -0.465 e. The van der Waals surface area contributed by atoms with E-state index in [-0.39, 0.29) is 19.0 Å². The molecule has 132 valence electrons. The van der Waals surface area contributed by atoms with E-state index >= 15 is 0 Å². The summed E-state index contributed by atoms with van der Waals surface area (Å²) in [6, 6.07) is 12.4. The molecule has 26 heavy (non-hydrogen) atoms. The van der Waals surface area contributed by atoms with Gasteiger partial charge in [-0.25, -0.2) is 9.78 Å². The average Bonchev–Trinajstić information content (AvgIpc) is 3.15. The second kappa shape index (κ2) is 8.35. The van der Waals surface area contributed by atoms with Gasteiger partial charge in [-0.3, -0.25) is 9.78 Å². The maximum Gasteiger partial charge on any atom is 0.337 e. The van der Waals surface area contributed by atoms with Crippen LogP contribution in [0.5, 0.6) is 0 Å². The van der Waals surface area contributed by atoms with Crippen LogP contribution in [-0.4, -0.2) is 29.0 Å². The van der Waals surface area contributed by atoms with Gasteiger partial charge in [0.25, 0.3) is 0 Å². The molecule has 0 unspecified atom stereocenters. The number of aromatic nitrogens is 2. The molecule has 0 radical (unpaired) electrons. The molecule has 3 aromatic rings. The van der Waals surface area contributed by atoms with Crippen molar-refractivity contribution in [1.29, 1.82) is 0 Å². The lowest BCUT2D eigenvalue weighted by molar-refractivity contribution is -0.144. The number of esters is 2. The van der Waals surface area contributed by atoms with Crippen LogP contribution in [0, 0.1) is 0 Å². The molecule has 0 aliphatic heterocycles. The summed E-state index contributed by atoms with van der Waals surface area (Å²) in [5.41, 5.74) is 2.55. The Hall–Kier alpha value is -3.06. The second-order valence-electron chi connectivity index (χ2n) is 5.39. The van der Waals surface area contributed by atoms with Crippen LogP contribution in [0.3, 0.4) is 0 Å². The first-order valence-corrected chi connectivity index (χ1v) is 8.72. The van der Waals surface area contributed by atoms with Crippen LogP contribution in [0.4, 0.5) is 0 Å². The monoisotopic (exact) mass is 368 g/mol. The van der Waals surface area contributed by atoms with Crippen LogP contribution in [0.15, 0.2) is 54.0 Å². The summed E-state index contributed by atoms with van der Waals surface area (Å²) >= 11 is 1.43. The Balaban J connectivity index is 1.57. The fourth-order valence-corrected chi connectivity index (χ4v) is 3.06. The lowest BCUT2D eigenvalue weighted by Gasteiger charge is -2.05. The molecule has 2 aromatic heterocycles. The Kier molecular flexibility index (Phi) is 5.70. The van der Waals surface area contributed by atoms with Gasteiger partial charge in [0.1, 0.15) is 11.6 Å². The zero-order valence-electron chi connectivity index (χ0n) is 14.0. The van der Waals surface area contributed by atoms with Crippen molar-refractivity contribution >= 4 is 23.3 Å². The standard InChI is InChI=1S/C19H16N2O4S/c1-24-19(23)14-6-4-5-13(9-14)11-25-17(22)10-15-12-26-18(21-15)16-7-2-3-8-20-16/h2-9,12H,10-11H2,1H3. The Labute approximate surface area is 154 Å². The van der Waals surface area contributed by atoms with Gasteiger partial charge in [-0.2, -0.15) is 0 Å². The van der Waals surface area contributed by atoms with Gasteiger partial charge < -0.3 is 9.47 Å². The van der Waals surface area contributed by atoms with Crippen LogP contribution in [0.2, 0.25) is 0 Å². The summed E-state index contributed by atoms with van der Waals surface area (Å²) in [7, 11) is 1.32. The molecule has 0 amide bonds. The molecule has 0 bridgehead atoms. The van der Waals surface area contributed by atoms with Gasteiger partial charge in [-0.05, 0) is 29.8 Å². The molecule has 6 nitrogen and oxygen atoms in total. The molecule has 0 spiro atoms. The highest BCUT2D eigenvalue weighted by molar-refractivity contribution is 7.13. The highest BCUT2D eigenvalue weighted by Gasteiger charge is 2.12. The van der Waals surface area contributed by atoms with Gasteiger partial charge in [0, 0.05) is 11.6 Å². The van der Waals surface area contributed by atoms with Crippen LogP contribution in [0.1, 0.15) is 21.6 Å². The van der Waals surface area contributed by atoms with Crippen LogP contribution in [0.25, 0.3) is 10.7 Å². The van der Waals surface area contributed by atoms with E-state index in [0.29, 0.717) is 16.8 Å². The molecule has 0 fully saturated rings. The van der Waals surface area contributed by atoms with Crippen molar-refractivity contribution in [3.8, 4) is 10.7 Å². The van der Waals surface area contributed by atoms with Crippen LogP contribution in [-0.2, 0) is 27.3 Å². The van der Waals surface area contributed by atoms with Gasteiger partial charge in [-0.15, -0.1) is 11.3 Å². The Morgan fingerprint density at radius 1 is 1.15 bits per heavy atom. The fourth-order valence-electron chi connectivity index (χ4n) is 2.26. The van der Waals surface area contributed by atoms with Crippen molar-refractivity contribution in [3.05, 3.63) is 70.9 Å². The molecular formula is C19H16N2O4S. The minimum absolute atomic E-state index is 0.0834. The van der Waals surface area contributed by atoms with E-state index in [0.717, 1.165) is 10.7 Å². The van der Waals surface area contributed by atoms with Gasteiger partial charge >= 0.3 is 11.9 Å². The van der Waals surface area contributed by atoms with E-state index in [9.17, 15) is 9.59 Å².